The number of carbonyl (C=O) groups excluding carboxylic acids is 1. The van der Waals surface area contributed by atoms with Gasteiger partial charge in [-0.05, 0) is 49.9 Å². The van der Waals surface area contributed by atoms with Crippen molar-refractivity contribution >= 4 is 17.6 Å². The van der Waals surface area contributed by atoms with Gasteiger partial charge in [-0.15, -0.1) is 0 Å². The van der Waals surface area contributed by atoms with E-state index in [9.17, 15) is 9.90 Å². The van der Waals surface area contributed by atoms with E-state index in [1.54, 1.807) is 29.2 Å². The molecule has 0 aliphatic carbocycles. The topological polar surface area (TPSA) is 61.8 Å². The highest BCUT2D eigenvalue weighted by atomic mass is 35.5. The Hall–Kier alpha value is -1.46. The number of urea groups is 1. The Bertz CT molecular complexity index is 481. The zero-order valence-electron chi connectivity index (χ0n) is 12.8. The normalized spacial score (nSPS) is 19.6. The molecule has 6 heteroatoms. The largest absolute Gasteiger partial charge is 0.489 e. The molecule has 0 radical (unpaired) electrons. The van der Waals surface area contributed by atoms with Gasteiger partial charge in [-0.25, -0.2) is 4.79 Å². The molecule has 0 bridgehead atoms. The molecule has 1 heterocycles. The first-order valence-electron chi connectivity index (χ1n) is 7.64. The SMILES string of the molecule is C[C@H](CNC(=O)N1CCC[C@@H](CO)C1)Oc1ccc(Cl)cc1. The number of aliphatic hydroxyl groups excluding tert-OH is 1. The zero-order valence-corrected chi connectivity index (χ0v) is 13.6. The van der Waals surface area contributed by atoms with Crippen LogP contribution in [0.3, 0.4) is 0 Å². The molecular weight excluding hydrogens is 304 g/mol. The highest BCUT2D eigenvalue weighted by Crippen LogP contribution is 2.17. The highest BCUT2D eigenvalue weighted by Gasteiger charge is 2.23. The summed E-state index contributed by atoms with van der Waals surface area (Å²) < 4.78 is 5.72. The summed E-state index contributed by atoms with van der Waals surface area (Å²) in [6.07, 6.45) is 1.79. The van der Waals surface area contributed by atoms with E-state index in [0.717, 1.165) is 25.1 Å². The number of carbonyl (C=O) groups is 1. The van der Waals surface area contributed by atoms with E-state index >= 15 is 0 Å². The lowest BCUT2D eigenvalue weighted by Gasteiger charge is -2.32. The quantitative estimate of drug-likeness (QED) is 0.874. The lowest BCUT2D eigenvalue weighted by atomic mass is 9.99. The summed E-state index contributed by atoms with van der Waals surface area (Å²) in [7, 11) is 0. The van der Waals surface area contributed by atoms with Crippen LogP contribution in [0.4, 0.5) is 4.79 Å². The first-order valence-corrected chi connectivity index (χ1v) is 8.02. The second-order valence-corrected chi connectivity index (χ2v) is 6.14. The van der Waals surface area contributed by atoms with Gasteiger partial charge in [-0.1, -0.05) is 11.6 Å². The Morgan fingerprint density at radius 2 is 2.23 bits per heavy atom. The molecule has 2 amide bonds. The molecule has 2 rings (SSSR count). The Labute approximate surface area is 136 Å². The number of piperidine rings is 1. The molecule has 1 aromatic carbocycles. The fourth-order valence-electron chi connectivity index (χ4n) is 2.53. The minimum atomic E-state index is -0.136. The lowest BCUT2D eigenvalue weighted by molar-refractivity contribution is 0.126. The zero-order chi connectivity index (χ0) is 15.9. The number of rotatable bonds is 5. The highest BCUT2D eigenvalue weighted by molar-refractivity contribution is 6.30. The molecule has 1 aromatic rings. The van der Waals surface area contributed by atoms with E-state index < -0.39 is 0 Å². The van der Waals surface area contributed by atoms with Gasteiger partial charge in [0.25, 0.3) is 0 Å². The molecule has 5 nitrogen and oxygen atoms in total. The maximum Gasteiger partial charge on any atom is 0.317 e. The van der Waals surface area contributed by atoms with Crippen LogP contribution in [0.1, 0.15) is 19.8 Å². The molecule has 2 N–H and O–H groups in total. The molecule has 122 valence electrons. The monoisotopic (exact) mass is 326 g/mol. The van der Waals surface area contributed by atoms with Crippen molar-refractivity contribution in [2.75, 3.05) is 26.2 Å². The molecule has 1 aliphatic heterocycles. The smallest absolute Gasteiger partial charge is 0.317 e. The van der Waals surface area contributed by atoms with E-state index in [1.165, 1.54) is 0 Å². The molecule has 1 saturated heterocycles. The van der Waals surface area contributed by atoms with Gasteiger partial charge in [0, 0.05) is 24.7 Å². The number of hydrogen-bond donors (Lipinski definition) is 2. The van der Waals surface area contributed by atoms with Crippen LogP contribution in [-0.4, -0.2) is 48.4 Å². The first-order chi connectivity index (χ1) is 10.6. The maximum absolute atomic E-state index is 12.1. The van der Waals surface area contributed by atoms with Crippen molar-refractivity contribution in [3.63, 3.8) is 0 Å². The molecular formula is C16H23ClN2O3. The first kappa shape index (κ1) is 16.9. The number of likely N-dealkylation sites (tertiary alicyclic amines) is 1. The van der Waals surface area contributed by atoms with Crippen molar-refractivity contribution in [2.24, 2.45) is 5.92 Å². The molecule has 2 atom stereocenters. The third-order valence-electron chi connectivity index (χ3n) is 3.76. The number of ether oxygens (including phenoxy) is 1. The van der Waals surface area contributed by atoms with E-state index in [0.29, 0.717) is 18.1 Å². The molecule has 0 aromatic heterocycles. The molecule has 22 heavy (non-hydrogen) atoms. The molecule has 0 spiro atoms. The Morgan fingerprint density at radius 1 is 1.50 bits per heavy atom. The van der Waals surface area contributed by atoms with Gasteiger partial charge < -0.3 is 20.1 Å². The van der Waals surface area contributed by atoms with Crippen molar-refractivity contribution in [3.8, 4) is 5.75 Å². The number of aliphatic hydroxyl groups is 1. The summed E-state index contributed by atoms with van der Waals surface area (Å²) >= 11 is 5.82. The summed E-state index contributed by atoms with van der Waals surface area (Å²) in [6, 6.07) is 7.05. The Balaban J connectivity index is 1.74. The molecule has 1 aliphatic rings. The van der Waals surface area contributed by atoms with Crippen LogP contribution in [0, 0.1) is 5.92 Å². The average molecular weight is 327 g/mol. The number of halogens is 1. The van der Waals surface area contributed by atoms with Crippen molar-refractivity contribution in [2.45, 2.75) is 25.9 Å². The minimum absolute atomic E-state index is 0.0929. The van der Waals surface area contributed by atoms with Crippen LogP contribution in [0.25, 0.3) is 0 Å². The molecule has 0 unspecified atom stereocenters. The minimum Gasteiger partial charge on any atom is -0.489 e. The third-order valence-corrected chi connectivity index (χ3v) is 4.01. The lowest BCUT2D eigenvalue weighted by Crippen LogP contribution is -2.48. The van der Waals surface area contributed by atoms with Crippen LogP contribution in [0.15, 0.2) is 24.3 Å². The Kier molecular flexibility index (Phi) is 6.34. The van der Waals surface area contributed by atoms with E-state index in [-0.39, 0.29) is 24.7 Å². The van der Waals surface area contributed by atoms with Crippen molar-refractivity contribution in [1.82, 2.24) is 10.2 Å². The Morgan fingerprint density at radius 3 is 2.91 bits per heavy atom. The summed E-state index contributed by atoms with van der Waals surface area (Å²) in [5.41, 5.74) is 0. The van der Waals surface area contributed by atoms with E-state index in [1.807, 2.05) is 6.92 Å². The fraction of sp³-hybridized carbons (Fsp3) is 0.562. The predicted molar refractivity (Wildman–Crippen MR) is 86.3 cm³/mol. The van der Waals surface area contributed by atoms with Gasteiger partial charge in [0.05, 0.1) is 6.54 Å². The maximum atomic E-state index is 12.1. The number of hydrogen-bond acceptors (Lipinski definition) is 3. The summed E-state index contributed by atoms with van der Waals surface area (Å²) in [6.45, 7) is 3.84. The number of amides is 2. The summed E-state index contributed by atoms with van der Waals surface area (Å²) in [4.78, 5) is 13.9. The van der Waals surface area contributed by atoms with Crippen molar-refractivity contribution in [3.05, 3.63) is 29.3 Å². The van der Waals surface area contributed by atoms with Gasteiger partial charge in [0.2, 0.25) is 0 Å². The van der Waals surface area contributed by atoms with Crippen LogP contribution in [-0.2, 0) is 0 Å². The van der Waals surface area contributed by atoms with Crippen molar-refractivity contribution in [1.29, 1.82) is 0 Å². The van der Waals surface area contributed by atoms with Gasteiger partial charge in [0.15, 0.2) is 0 Å². The van der Waals surface area contributed by atoms with Gasteiger partial charge >= 0.3 is 6.03 Å². The second kappa shape index (κ2) is 8.25. The van der Waals surface area contributed by atoms with Crippen LogP contribution in [0.2, 0.25) is 5.02 Å². The van der Waals surface area contributed by atoms with Crippen LogP contribution < -0.4 is 10.1 Å². The summed E-state index contributed by atoms with van der Waals surface area (Å²) in [5.74, 6) is 0.923. The predicted octanol–water partition coefficient (Wildman–Crippen LogP) is 2.52. The number of benzene rings is 1. The number of nitrogens with zero attached hydrogens (tertiary/aromatic N) is 1. The third kappa shape index (κ3) is 5.07. The van der Waals surface area contributed by atoms with Gasteiger partial charge in [-0.2, -0.15) is 0 Å². The number of nitrogens with one attached hydrogen (secondary N) is 1. The van der Waals surface area contributed by atoms with Crippen LogP contribution >= 0.6 is 11.6 Å². The molecule has 0 saturated carbocycles. The average Bonchev–Trinajstić information content (AvgIpc) is 2.55. The van der Waals surface area contributed by atoms with Gasteiger partial charge in [0.1, 0.15) is 11.9 Å². The van der Waals surface area contributed by atoms with E-state index in [4.69, 9.17) is 16.3 Å². The van der Waals surface area contributed by atoms with Crippen molar-refractivity contribution < 1.29 is 14.6 Å². The second-order valence-electron chi connectivity index (χ2n) is 5.71. The van der Waals surface area contributed by atoms with Crippen LogP contribution in [0.5, 0.6) is 5.75 Å². The standard InChI is InChI=1S/C16H23ClN2O3/c1-12(22-15-6-4-14(17)5-7-15)9-18-16(21)19-8-2-3-13(10-19)11-20/h4-7,12-13,20H,2-3,8-11H2,1H3,(H,18,21)/t12-,13-/m1/s1. The molecule has 1 fully saturated rings. The fourth-order valence-corrected chi connectivity index (χ4v) is 2.65. The summed E-state index contributed by atoms with van der Waals surface area (Å²) in [5, 5.41) is 12.8. The van der Waals surface area contributed by atoms with Gasteiger partial charge in [-0.3, -0.25) is 0 Å². The van der Waals surface area contributed by atoms with E-state index in [2.05, 4.69) is 5.32 Å².